The van der Waals surface area contributed by atoms with Gasteiger partial charge in [0.1, 0.15) is 5.54 Å². The van der Waals surface area contributed by atoms with Gasteiger partial charge in [-0.05, 0) is 26.7 Å². The average molecular weight is 286 g/mol. The van der Waals surface area contributed by atoms with Crippen LogP contribution in [0, 0.1) is 0 Å². The molecule has 2 amide bonds. The number of hydrogen-bond donors (Lipinski definition) is 2. The third-order valence-corrected chi connectivity index (χ3v) is 4.13. The normalized spacial score (nSPS) is 34.4. The number of rotatable bonds is 2. The molecule has 2 aliphatic rings. The molecule has 0 aromatic heterocycles. The summed E-state index contributed by atoms with van der Waals surface area (Å²) in [6, 6.07) is -0.277. The van der Waals surface area contributed by atoms with Crippen LogP contribution in [-0.2, 0) is 9.53 Å². The summed E-state index contributed by atoms with van der Waals surface area (Å²) in [5.41, 5.74) is -1.13. The van der Waals surface area contributed by atoms with Crippen LogP contribution in [0.4, 0.5) is 4.79 Å². The number of carbonyl (C=O) groups excluding carboxylic acids is 1. The van der Waals surface area contributed by atoms with Gasteiger partial charge in [-0.15, -0.1) is 0 Å². The Morgan fingerprint density at radius 3 is 2.70 bits per heavy atom. The summed E-state index contributed by atoms with van der Waals surface area (Å²) >= 11 is 0. The molecule has 0 aromatic carbocycles. The number of ether oxygens (including phenoxy) is 1. The van der Waals surface area contributed by atoms with E-state index in [9.17, 15) is 19.8 Å². The fourth-order valence-corrected chi connectivity index (χ4v) is 2.97. The topological polar surface area (TPSA) is 90.3 Å². The van der Waals surface area contributed by atoms with Crippen molar-refractivity contribution in [1.29, 1.82) is 0 Å². The van der Waals surface area contributed by atoms with Crippen LogP contribution in [-0.4, -0.2) is 76.0 Å². The van der Waals surface area contributed by atoms with Gasteiger partial charge >= 0.3 is 12.0 Å². The number of aliphatic hydroxyl groups is 1. The Balaban J connectivity index is 2.12. The lowest BCUT2D eigenvalue weighted by Gasteiger charge is -2.41. The monoisotopic (exact) mass is 286 g/mol. The number of carbonyl (C=O) groups is 2. The molecule has 2 fully saturated rings. The molecule has 0 saturated carbocycles. The molecule has 0 radical (unpaired) electrons. The highest BCUT2D eigenvalue weighted by Gasteiger charge is 2.47. The third kappa shape index (κ3) is 2.60. The second-order valence-electron chi connectivity index (χ2n) is 5.77. The second kappa shape index (κ2) is 5.57. The van der Waals surface area contributed by atoms with Gasteiger partial charge in [0, 0.05) is 13.1 Å². The molecule has 0 aromatic rings. The van der Waals surface area contributed by atoms with Crippen LogP contribution >= 0.6 is 0 Å². The minimum atomic E-state index is -1.13. The number of aliphatic carboxylic acids is 1. The van der Waals surface area contributed by atoms with E-state index in [1.54, 1.807) is 11.8 Å². The van der Waals surface area contributed by atoms with Crippen LogP contribution in [0.15, 0.2) is 0 Å². The number of carboxylic acids is 1. The van der Waals surface area contributed by atoms with Crippen LogP contribution in [0.3, 0.4) is 0 Å². The summed E-state index contributed by atoms with van der Waals surface area (Å²) in [5.74, 6) is -0.969. The van der Waals surface area contributed by atoms with E-state index in [2.05, 4.69) is 0 Å². The van der Waals surface area contributed by atoms with Gasteiger partial charge < -0.3 is 24.7 Å². The van der Waals surface area contributed by atoms with Gasteiger partial charge in [0.15, 0.2) is 0 Å². The first kappa shape index (κ1) is 15.1. The van der Waals surface area contributed by atoms with Gasteiger partial charge in [-0.3, -0.25) is 0 Å². The first-order valence-corrected chi connectivity index (χ1v) is 6.94. The highest BCUT2D eigenvalue weighted by atomic mass is 16.5. The molecular formula is C13H22N2O5. The Hall–Kier alpha value is -1.34. The zero-order chi connectivity index (χ0) is 14.9. The summed E-state index contributed by atoms with van der Waals surface area (Å²) in [5, 5.41) is 18.6. The molecule has 2 aliphatic heterocycles. The van der Waals surface area contributed by atoms with Crippen molar-refractivity contribution in [2.75, 3.05) is 26.2 Å². The number of likely N-dealkylation sites (tertiary alicyclic amines) is 1. The molecule has 20 heavy (non-hydrogen) atoms. The van der Waals surface area contributed by atoms with E-state index >= 15 is 0 Å². The van der Waals surface area contributed by atoms with Crippen molar-refractivity contribution in [3.8, 4) is 0 Å². The summed E-state index contributed by atoms with van der Waals surface area (Å²) in [6.45, 7) is 4.45. The van der Waals surface area contributed by atoms with Crippen molar-refractivity contribution in [2.24, 2.45) is 0 Å². The van der Waals surface area contributed by atoms with E-state index in [1.807, 2.05) is 6.92 Å². The number of carboxylic acid groups (broad SMARTS) is 1. The minimum absolute atomic E-state index is 0.148. The number of nitrogens with zero attached hydrogens (tertiary/aromatic N) is 2. The zero-order valence-corrected chi connectivity index (χ0v) is 11.9. The lowest BCUT2D eigenvalue weighted by Crippen LogP contribution is -2.59. The standard InChI is InChI=1S/C13H22N2O5/c1-9-6-14(7-10(8-16)20-9)12(19)15-5-3-4-13(15,2)11(17)18/h9-10,16H,3-8H2,1-2H3,(H,17,18). The fraction of sp³-hybridized carbons (Fsp3) is 0.846. The highest BCUT2D eigenvalue weighted by molar-refractivity contribution is 5.86. The number of amides is 2. The molecule has 0 bridgehead atoms. The smallest absolute Gasteiger partial charge is 0.329 e. The van der Waals surface area contributed by atoms with Gasteiger partial charge in [0.05, 0.1) is 25.4 Å². The summed E-state index contributed by atoms with van der Waals surface area (Å²) < 4.78 is 5.50. The van der Waals surface area contributed by atoms with Gasteiger partial charge in [-0.25, -0.2) is 9.59 Å². The molecule has 2 rings (SSSR count). The van der Waals surface area contributed by atoms with E-state index < -0.39 is 17.6 Å². The molecule has 3 unspecified atom stereocenters. The molecule has 0 spiro atoms. The van der Waals surface area contributed by atoms with Crippen LogP contribution in [0.1, 0.15) is 26.7 Å². The maximum absolute atomic E-state index is 12.6. The van der Waals surface area contributed by atoms with Crippen molar-refractivity contribution in [2.45, 2.75) is 44.4 Å². The first-order valence-electron chi connectivity index (χ1n) is 6.94. The molecule has 3 atom stereocenters. The average Bonchev–Trinajstić information content (AvgIpc) is 2.80. The van der Waals surface area contributed by atoms with Gasteiger partial charge in [0.25, 0.3) is 0 Å². The van der Waals surface area contributed by atoms with Crippen molar-refractivity contribution in [3.05, 3.63) is 0 Å². The molecule has 2 heterocycles. The van der Waals surface area contributed by atoms with Crippen molar-refractivity contribution in [3.63, 3.8) is 0 Å². The molecule has 2 saturated heterocycles. The predicted molar refractivity (Wildman–Crippen MR) is 70.4 cm³/mol. The Bertz CT molecular complexity index is 402. The minimum Gasteiger partial charge on any atom is -0.480 e. The molecule has 0 aliphatic carbocycles. The van der Waals surface area contributed by atoms with E-state index in [0.29, 0.717) is 32.5 Å². The van der Waals surface area contributed by atoms with Crippen molar-refractivity contribution in [1.82, 2.24) is 9.80 Å². The first-order chi connectivity index (χ1) is 9.38. The Morgan fingerprint density at radius 1 is 1.40 bits per heavy atom. The van der Waals surface area contributed by atoms with Crippen molar-refractivity contribution >= 4 is 12.0 Å². The Kier molecular flexibility index (Phi) is 4.19. The largest absolute Gasteiger partial charge is 0.480 e. The predicted octanol–water partition coefficient (Wildman–Crippen LogP) is 0.127. The highest BCUT2D eigenvalue weighted by Crippen LogP contribution is 2.31. The summed E-state index contributed by atoms with van der Waals surface area (Å²) in [7, 11) is 0. The fourth-order valence-electron chi connectivity index (χ4n) is 2.97. The van der Waals surface area contributed by atoms with Gasteiger partial charge in [-0.1, -0.05) is 0 Å². The molecule has 7 heteroatoms. The van der Waals surface area contributed by atoms with Crippen LogP contribution < -0.4 is 0 Å². The van der Waals surface area contributed by atoms with Crippen LogP contribution in [0.2, 0.25) is 0 Å². The van der Waals surface area contributed by atoms with E-state index in [1.165, 1.54) is 4.90 Å². The molecular weight excluding hydrogens is 264 g/mol. The number of urea groups is 1. The number of hydrogen-bond acceptors (Lipinski definition) is 4. The quantitative estimate of drug-likeness (QED) is 0.753. The lowest BCUT2D eigenvalue weighted by atomic mass is 9.99. The van der Waals surface area contributed by atoms with E-state index in [4.69, 9.17) is 4.74 Å². The lowest BCUT2D eigenvalue weighted by molar-refractivity contribution is -0.147. The SMILES string of the molecule is CC1CN(C(=O)N2CCCC2(C)C(=O)O)CC(CO)O1. The maximum atomic E-state index is 12.6. The van der Waals surface area contributed by atoms with Gasteiger partial charge in [-0.2, -0.15) is 0 Å². The molecule has 2 N–H and O–H groups in total. The Labute approximate surface area is 118 Å². The summed E-state index contributed by atoms with van der Waals surface area (Å²) in [4.78, 5) is 27.0. The third-order valence-electron chi connectivity index (χ3n) is 4.13. The van der Waals surface area contributed by atoms with E-state index in [0.717, 1.165) is 0 Å². The molecule has 7 nitrogen and oxygen atoms in total. The van der Waals surface area contributed by atoms with Gasteiger partial charge in [0.2, 0.25) is 0 Å². The summed E-state index contributed by atoms with van der Waals surface area (Å²) in [6.07, 6.45) is 0.597. The second-order valence-corrected chi connectivity index (χ2v) is 5.77. The molecule has 114 valence electrons. The van der Waals surface area contributed by atoms with Crippen molar-refractivity contribution < 1.29 is 24.5 Å². The Morgan fingerprint density at radius 2 is 2.10 bits per heavy atom. The van der Waals surface area contributed by atoms with Crippen LogP contribution in [0.5, 0.6) is 0 Å². The number of morpholine rings is 1. The van der Waals surface area contributed by atoms with Crippen LogP contribution in [0.25, 0.3) is 0 Å². The van der Waals surface area contributed by atoms with E-state index in [-0.39, 0.29) is 18.7 Å². The maximum Gasteiger partial charge on any atom is 0.329 e. The zero-order valence-electron chi connectivity index (χ0n) is 11.9. The number of aliphatic hydroxyl groups excluding tert-OH is 1.